The maximum absolute atomic E-state index is 4.34. The van der Waals surface area contributed by atoms with Crippen molar-refractivity contribution in [1.82, 2.24) is 9.97 Å². The van der Waals surface area contributed by atoms with Gasteiger partial charge in [-0.3, -0.25) is 0 Å². The summed E-state index contributed by atoms with van der Waals surface area (Å²) in [5.74, 6) is 1.52. The van der Waals surface area contributed by atoms with Gasteiger partial charge in [-0.05, 0) is 19.3 Å². The summed E-state index contributed by atoms with van der Waals surface area (Å²) in [6.45, 7) is 7.53. The van der Waals surface area contributed by atoms with Crippen LogP contribution in [0, 0.1) is 0 Å². The van der Waals surface area contributed by atoms with Crippen molar-refractivity contribution in [3.8, 4) is 0 Å². The Bertz CT molecular complexity index is 282. The zero-order chi connectivity index (χ0) is 11.1. The van der Waals surface area contributed by atoms with Crippen LogP contribution in [-0.2, 0) is 0 Å². The Balaban J connectivity index is 2.72. The van der Waals surface area contributed by atoms with Gasteiger partial charge in [0.15, 0.2) is 0 Å². The maximum Gasteiger partial charge on any atom is 0.129 e. The quantitative estimate of drug-likeness (QED) is 0.778. The van der Waals surface area contributed by atoms with E-state index < -0.39 is 0 Å². The molecule has 1 aromatic rings. The summed E-state index contributed by atoms with van der Waals surface area (Å²) in [6, 6.07) is 2.08. The van der Waals surface area contributed by atoms with Gasteiger partial charge < -0.3 is 5.32 Å². The van der Waals surface area contributed by atoms with Crippen LogP contribution >= 0.6 is 0 Å². The van der Waals surface area contributed by atoms with Crippen molar-refractivity contribution in [2.75, 3.05) is 11.9 Å². The van der Waals surface area contributed by atoms with Crippen LogP contribution in [0.2, 0.25) is 0 Å². The minimum Gasteiger partial charge on any atom is -0.370 e. The van der Waals surface area contributed by atoms with Gasteiger partial charge in [-0.1, -0.05) is 20.8 Å². The van der Waals surface area contributed by atoms with Crippen LogP contribution in [-0.4, -0.2) is 16.5 Å². The number of rotatable bonds is 6. The van der Waals surface area contributed by atoms with E-state index in [4.69, 9.17) is 0 Å². The van der Waals surface area contributed by atoms with E-state index >= 15 is 0 Å². The smallest absolute Gasteiger partial charge is 0.129 e. The van der Waals surface area contributed by atoms with Crippen LogP contribution in [0.5, 0.6) is 0 Å². The van der Waals surface area contributed by atoms with E-state index in [2.05, 4.69) is 42.1 Å². The lowest BCUT2D eigenvalue weighted by molar-refractivity contribution is 0.621. The first-order valence-electron chi connectivity index (χ1n) is 5.87. The number of hydrogen-bond donors (Lipinski definition) is 1. The minimum atomic E-state index is 0.565. The standard InChI is InChI=1S/C12H21N3/c1-4-7-13-12-8-11(14-9-15-12)10(5-2)6-3/h8-10H,4-7H2,1-3H3,(H,13,14,15). The average Bonchev–Trinajstić information content (AvgIpc) is 2.29. The van der Waals surface area contributed by atoms with E-state index in [0.717, 1.165) is 37.3 Å². The van der Waals surface area contributed by atoms with Crippen molar-refractivity contribution in [2.24, 2.45) is 0 Å². The summed E-state index contributed by atoms with van der Waals surface area (Å²) >= 11 is 0. The molecule has 3 heteroatoms. The van der Waals surface area contributed by atoms with E-state index in [1.54, 1.807) is 6.33 Å². The fraction of sp³-hybridized carbons (Fsp3) is 0.667. The fourth-order valence-corrected chi connectivity index (χ4v) is 1.65. The second-order valence-electron chi connectivity index (χ2n) is 3.77. The normalized spacial score (nSPS) is 10.7. The molecule has 0 unspecified atom stereocenters. The SMILES string of the molecule is CCCNc1cc(C(CC)CC)ncn1. The highest BCUT2D eigenvalue weighted by Gasteiger charge is 2.08. The van der Waals surface area contributed by atoms with Gasteiger partial charge in [-0.25, -0.2) is 9.97 Å². The lowest BCUT2D eigenvalue weighted by Gasteiger charge is -2.12. The van der Waals surface area contributed by atoms with E-state index in [0.29, 0.717) is 5.92 Å². The van der Waals surface area contributed by atoms with Crippen molar-refractivity contribution in [3.63, 3.8) is 0 Å². The number of nitrogens with one attached hydrogen (secondary N) is 1. The van der Waals surface area contributed by atoms with Crippen LogP contribution in [0.15, 0.2) is 12.4 Å². The van der Waals surface area contributed by atoms with Crippen LogP contribution in [0.3, 0.4) is 0 Å². The molecule has 15 heavy (non-hydrogen) atoms. The van der Waals surface area contributed by atoms with Crippen LogP contribution in [0.25, 0.3) is 0 Å². The largest absolute Gasteiger partial charge is 0.370 e. The maximum atomic E-state index is 4.34. The Hall–Kier alpha value is -1.12. The zero-order valence-corrected chi connectivity index (χ0v) is 9.95. The van der Waals surface area contributed by atoms with Gasteiger partial charge in [0.2, 0.25) is 0 Å². The molecule has 0 aliphatic carbocycles. The van der Waals surface area contributed by atoms with Gasteiger partial charge in [0.1, 0.15) is 12.1 Å². The van der Waals surface area contributed by atoms with E-state index in [1.165, 1.54) is 0 Å². The Morgan fingerprint density at radius 1 is 1.20 bits per heavy atom. The van der Waals surface area contributed by atoms with Gasteiger partial charge in [0, 0.05) is 24.2 Å². The molecule has 0 bridgehead atoms. The topological polar surface area (TPSA) is 37.8 Å². The first-order chi connectivity index (χ1) is 7.31. The lowest BCUT2D eigenvalue weighted by atomic mass is 9.99. The van der Waals surface area contributed by atoms with Crippen molar-refractivity contribution in [2.45, 2.75) is 46.0 Å². The van der Waals surface area contributed by atoms with Gasteiger partial charge in [-0.2, -0.15) is 0 Å². The second kappa shape index (κ2) is 6.38. The molecule has 0 spiro atoms. The van der Waals surface area contributed by atoms with Crippen LogP contribution in [0.1, 0.15) is 51.6 Å². The van der Waals surface area contributed by atoms with Crippen LogP contribution in [0.4, 0.5) is 5.82 Å². The number of hydrogen-bond acceptors (Lipinski definition) is 3. The molecule has 0 aliphatic heterocycles. The van der Waals surface area contributed by atoms with Crippen molar-refractivity contribution in [3.05, 3.63) is 18.1 Å². The minimum absolute atomic E-state index is 0.565. The molecule has 1 rings (SSSR count). The number of anilines is 1. The van der Waals surface area contributed by atoms with E-state index in [-0.39, 0.29) is 0 Å². The first kappa shape index (κ1) is 12.0. The summed E-state index contributed by atoms with van der Waals surface area (Å²) in [6.07, 6.45) is 5.05. The summed E-state index contributed by atoms with van der Waals surface area (Å²) < 4.78 is 0. The Morgan fingerprint density at radius 2 is 1.93 bits per heavy atom. The molecule has 0 saturated carbocycles. The predicted octanol–water partition coefficient (Wildman–Crippen LogP) is 3.20. The molecule has 0 saturated heterocycles. The van der Waals surface area contributed by atoms with Gasteiger partial charge >= 0.3 is 0 Å². The molecule has 0 aromatic carbocycles. The van der Waals surface area contributed by atoms with Crippen LogP contribution < -0.4 is 5.32 Å². The zero-order valence-electron chi connectivity index (χ0n) is 9.95. The second-order valence-corrected chi connectivity index (χ2v) is 3.77. The van der Waals surface area contributed by atoms with Gasteiger partial charge in [0.05, 0.1) is 0 Å². The molecule has 0 amide bonds. The Kier molecular flexibility index (Phi) is 5.08. The predicted molar refractivity (Wildman–Crippen MR) is 64.1 cm³/mol. The molecular weight excluding hydrogens is 186 g/mol. The number of aromatic nitrogens is 2. The molecule has 1 heterocycles. The third kappa shape index (κ3) is 3.50. The molecule has 1 aromatic heterocycles. The fourth-order valence-electron chi connectivity index (χ4n) is 1.65. The third-order valence-corrected chi connectivity index (χ3v) is 2.65. The molecular formula is C12H21N3. The first-order valence-corrected chi connectivity index (χ1v) is 5.87. The highest BCUT2D eigenvalue weighted by Crippen LogP contribution is 2.21. The number of nitrogens with zero attached hydrogens (tertiary/aromatic N) is 2. The Labute approximate surface area is 92.3 Å². The highest BCUT2D eigenvalue weighted by molar-refractivity contribution is 5.35. The molecule has 0 aliphatic rings. The van der Waals surface area contributed by atoms with Crippen molar-refractivity contribution in [1.29, 1.82) is 0 Å². The average molecular weight is 207 g/mol. The molecule has 0 radical (unpaired) electrons. The molecule has 84 valence electrons. The monoisotopic (exact) mass is 207 g/mol. The molecule has 3 nitrogen and oxygen atoms in total. The molecule has 0 fully saturated rings. The molecule has 0 atom stereocenters. The summed E-state index contributed by atoms with van der Waals surface area (Å²) in [7, 11) is 0. The van der Waals surface area contributed by atoms with E-state index in [9.17, 15) is 0 Å². The van der Waals surface area contributed by atoms with Crippen molar-refractivity contribution < 1.29 is 0 Å². The summed E-state index contributed by atoms with van der Waals surface area (Å²) in [5, 5.41) is 3.29. The van der Waals surface area contributed by atoms with Gasteiger partial charge in [0.25, 0.3) is 0 Å². The Morgan fingerprint density at radius 3 is 2.53 bits per heavy atom. The third-order valence-electron chi connectivity index (χ3n) is 2.65. The summed E-state index contributed by atoms with van der Waals surface area (Å²) in [5.41, 5.74) is 1.16. The van der Waals surface area contributed by atoms with E-state index in [1.807, 2.05) is 0 Å². The lowest BCUT2D eigenvalue weighted by Crippen LogP contribution is -2.05. The van der Waals surface area contributed by atoms with Crippen molar-refractivity contribution >= 4 is 5.82 Å². The molecule has 1 N–H and O–H groups in total. The van der Waals surface area contributed by atoms with Gasteiger partial charge in [-0.15, -0.1) is 0 Å². The summed E-state index contributed by atoms with van der Waals surface area (Å²) in [4.78, 5) is 8.54. The highest BCUT2D eigenvalue weighted by atomic mass is 15.0.